The zero-order valence-corrected chi connectivity index (χ0v) is 14.9. The molecule has 1 N–H and O–H groups in total. The number of carbonyl (C=O) groups excluding carboxylic acids is 2. The fourth-order valence-electron chi connectivity index (χ4n) is 4.08. The van der Waals surface area contributed by atoms with Gasteiger partial charge < -0.3 is 15.0 Å². The van der Waals surface area contributed by atoms with Gasteiger partial charge in [0.15, 0.2) is 5.78 Å². The van der Waals surface area contributed by atoms with Gasteiger partial charge in [-0.3, -0.25) is 9.59 Å². The van der Waals surface area contributed by atoms with Gasteiger partial charge in [-0.2, -0.15) is 11.3 Å². The van der Waals surface area contributed by atoms with Gasteiger partial charge in [0, 0.05) is 42.4 Å². The first-order valence-corrected chi connectivity index (χ1v) is 9.72. The van der Waals surface area contributed by atoms with Gasteiger partial charge in [-0.05, 0) is 35.2 Å². The Labute approximate surface area is 151 Å². The molecule has 3 heterocycles. The van der Waals surface area contributed by atoms with Crippen molar-refractivity contribution in [1.29, 1.82) is 0 Å². The molecule has 2 aliphatic heterocycles. The largest absolute Gasteiger partial charge is 0.378 e. The van der Waals surface area contributed by atoms with Crippen LogP contribution in [0.5, 0.6) is 0 Å². The summed E-state index contributed by atoms with van der Waals surface area (Å²) < 4.78 is 5.37. The van der Waals surface area contributed by atoms with Crippen LogP contribution in [0.15, 0.2) is 40.4 Å². The zero-order valence-electron chi connectivity index (χ0n) is 14.1. The Morgan fingerprint density at radius 1 is 1.32 bits per heavy atom. The van der Waals surface area contributed by atoms with Crippen molar-refractivity contribution in [2.24, 2.45) is 5.92 Å². The van der Waals surface area contributed by atoms with Crippen LogP contribution in [0.25, 0.3) is 0 Å². The molecule has 132 valence electrons. The lowest BCUT2D eigenvalue weighted by Crippen LogP contribution is -2.49. The van der Waals surface area contributed by atoms with E-state index in [1.54, 1.807) is 11.3 Å². The summed E-state index contributed by atoms with van der Waals surface area (Å²) in [7, 11) is 0. The molecule has 2 atom stereocenters. The molecule has 2 unspecified atom stereocenters. The number of ether oxygens (including phenoxy) is 1. The first-order chi connectivity index (χ1) is 12.2. The van der Waals surface area contributed by atoms with Gasteiger partial charge in [-0.1, -0.05) is 6.58 Å². The van der Waals surface area contributed by atoms with Crippen LogP contribution in [-0.4, -0.2) is 42.9 Å². The highest BCUT2D eigenvalue weighted by atomic mass is 32.1. The Morgan fingerprint density at radius 2 is 2.12 bits per heavy atom. The van der Waals surface area contributed by atoms with Crippen LogP contribution in [0, 0.1) is 5.92 Å². The summed E-state index contributed by atoms with van der Waals surface area (Å²) in [6, 6.07) is 2.03. The van der Waals surface area contributed by atoms with E-state index in [1.165, 1.54) is 0 Å². The van der Waals surface area contributed by atoms with Gasteiger partial charge >= 0.3 is 0 Å². The number of allylic oxidation sites excluding steroid dienone is 2. The van der Waals surface area contributed by atoms with Crippen molar-refractivity contribution in [3.63, 3.8) is 0 Å². The van der Waals surface area contributed by atoms with E-state index in [0.29, 0.717) is 38.4 Å². The minimum Gasteiger partial charge on any atom is -0.378 e. The summed E-state index contributed by atoms with van der Waals surface area (Å²) in [5.74, 6) is -0.453. The molecule has 0 bridgehead atoms. The standard InChI is InChI=1S/C19H22N2O3S/c1-12-16(19(23)21-6-8-24-9-7-21)17(13-5-10-25-11-13)18-14(20-12)3-2-4-15(18)22/h5,10-11,16-17,20H,1-4,6-9H2. The van der Waals surface area contributed by atoms with Crippen molar-refractivity contribution < 1.29 is 14.3 Å². The van der Waals surface area contributed by atoms with Crippen LogP contribution in [-0.2, 0) is 14.3 Å². The minimum absolute atomic E-state index is 0.0434. The number of rotatable bonds is 2. The second-order valence-electron chi connectivity index (χ2n) is 6.77. The number of ketones is 1. The summed E-state index contributed by atoms with van der Waals surface area (Å²) in [4.78, 5) is 27.9. The molecule has 1 aliphatic carbocycles. The average molecular weight is 358 g/mol. The van der Waals surface area contributed by atoms with E-state index in [-0.39, 0.29) is 17.6 Å². The van der Waals surface area contributed by atoms with Gasteiger partial charge in [-0.25, -0.2) is 0 Å². The fourth-order valence-corrected chi connectivity index (χ4v) is 4.77. The highest BCUT2D eigenvalue weighted by Crippen LogP contribution is 2.45. The Bertz CT molecular complexity index is 732. The molecule has 0 aromatic carbocycles. The molecule has 1 aromatic rings. The summed E-state index contributed by atoms with van der Waals surface area (Å²) in [6.07, 6.45) is 2.27. The Kier molecular flexibility index (Phi) is 4.48. The number of nitrogens with one attached hydrogen (secondary N) is 1. The number of morpholine rings is 1. The summed E-state index contributed by atoms with van der Waals surface area (Å²) >= 11 is 1.60. The van der Waals surface area contributed by atoms with Crippen LogP contribution in [0.3, 0.4) is 0 Å². The lowest BCUT2D eigenvalue weighted by Gasteiger charge is -2.41. The number of Topliss-reactive ketones (excluding diaryl/α,β-unsaturated/α-hetero) is 1. The molecule has 1 aromatic heterocycles. The van der Waals surface area contributed by atoms with Crippen LogP contribution in [0.1, 0.15) is 30.7 Å². The quantitative estimate of drug-likeness (QED) is 0.882. The second-order valence-corrected chi connectivity index (χ2v) is 7.55. The predicted molar refractivity (Wildman–Crippen MR) is 96.1 cm³/mol. The van der Waals surface area contributed by atoms with E-state index in [1.807, 2.05) is 16.3 Å². The molecule has 1 saturated heterocycles. The number of nitrogens with zero attached hydrogens (tertiary/aromatic N) is 1. The number of carbonyl (C=O) groups is 2. The van der Waals surface area contributed by atoms with Crippen LogP contribution >= 0.6 is 11.3 Å². The minimum atomic E-state index is -0.437. The van der Waals surface area contributed by atoms with Crippen molar-refractivity contribution >= 4 is 23.0 Å². The SMILES string of the molecule is C=C1NC2=C(C(=O)CCC2)C(c2ccsc2)C1C(=O)N1CCOCC1. The summed E-state index contributed by atoms with van der Waals surface area (Å²) in [5, 5.41) is 7.35. The smallest absolute Gasteiger partial charge is 0.232 e. The highest BCUT2D eigenvalue weighted by molar-refractivity contribution is 7.08. The van der Waals surface area contributed by atoms with E-state index in [9.17, 15) is 9.59 Å². The van der Waals surface area contributed by atoms with E-state index >= 15 is 0 Å². The molecule has 6 heteroatoms. The number of amides is 1. The maximum atomic E-state index is 13.3. The van der Waals surface area contributed by atoms with Crippen LogP contribution in [0.2, 0.25) is 0 Å². The molecule has 4 rings (SSSR count). The normalized spacial score (nSPS) is 27.1. The van der Waals surface area contributed by atoms with Crippen molar-refractivity contribution in [3.05, 3.63) is 45.9 Å². The first-order valence-electron chi connectivity index (χ1n) is 8.77. The zero-order chi connectivity index (χ0) is 17.4. The van der Waals surface area contributed by atoms with Gasteiger partial charge in [0.05, 0.1) is 19.1 Å². The monoisotopic (exact) mass is 358 g/mol. The molecule has 1 amide bonds. The maximum absolute atomic E-state index is 13.3. The third kappa shape index (κ3) is 2.93. The van der Waals surface area contributed by atoms with E-state index in [4.69, 9.17) is 4.74 Å². The van der Waals surface area contributed by atoms with E-state index in [2.05, 4.69) is 17.3 Å². The topological polar surface area (TPSA) is 58.6 Å². The average Bonchev–Trinajstić information content (AvgIpc) is 3.15. The molecule has 25 heavy (non-hydrogen) atoms. The van der Waals surface area contributed by atoms with Gasteiger partial charge in [0.2, 0.25) is 5.91 Å². The van der Waals surface area contributed by atoms with E-state index in [0.717, 1.165) is 29.7 Å². The number of hydrogen-bond donors (Lipinski definition) is 1. The molecule has 3 aliphatic rings. The maximum Gasteiger partial charge on any atom is 0.232 e. The van der Waals surface area contributed by atoms with Gasteiger partial charge in [0.25, 0.3) is 0 Å². The van der Waals surface area contributed by atoms with Crippen molar-refractivity contribution in [3.8, 4) is 0 Å². The molecule has 5 nitrogen and oxygen atoms in total. The van der Waals surface area contributed by atoms with Crippen LogP contribution in [0.4, 0.5) is 0 Å². The Hall–Kier alpha value is -1.92. The van der Waals surface area contributed by atoms with Crippen molar-refractivity contribution in [1.82, 2.24) is 10.2 Å². The molecular formula is C19H22N2O3S. The molecular weight excluding hydrogens is 336 g/mol. The second kappa shape index (κ2) is 6.77. The highest BCUT2D eigenvalue weighted by Gasteiger charge is 2.44. The molecule has 0 radical (unpaired) electrons. The van der Waals surface area contributed by atoms with Gasteiger partial charge in [-0.15, -0.1) is 0 Å². The number of hydrogen-bond acceptors (Lipinski definition) is 5. The van der Waals surface area contributed by atoms with E-state index < -0.39 is 5.92 Å². The predicted octanol–water partition coefficient (Wildman–Crippen LogP) is 2.43. The molecule has 0 spiro atoms. The van der Waals surface area contributed by atoms with Gasteiger partial charge in [0.1, 0.15) is 0 Å². The number of thiophene rings is 1. The van der Waals surface area contributed by atoms with Crippen molar-refractivity contribution in [2.45, 2.75) is 25.2 Å². The Morgan fingerprint density at radius 3 is 2.84 bits per heavy atom. The summed E-state index contributed by atoms with van der Waals surface area (Å²) in [6.45, 7) is 6.48. The lowest BCUT2D eigenvalue weighted by atomic mass is 9.71. The fraction of sp³-hybridized carbons (Fsp3) is 0.474. The summed E-state index contributed by atoms with van der Waals surface area (Å²) in [5.41, 5.74) is 3.51. The third-order valence-corrected chi connectivity index (χ3v) is 5.98. The van der Waals surface area contributed by atoms with Crippen LogP contribution < -0.4 is 5.32 Å². The molecule has 0 saturated carbocycles. The Balaban J connectivity index is 1.76. The van der Waals surface area contributed by atoms with Crippen molar-refractivity contribution in [2.75, 3.05) is 26.3 Å². The molecule has 1 fully saturated rings. The first kappa shape index (κ1) is 16.5. The third-order valence-electron chi connectivity index (χ3n) is 5.28. The lowest BCUT2D eigenvalue weighted by molar-refractivity contribution is -0.139.